The summed E-state index contributed by atoms with van der Waals surface area (Å²) >= 11 is 0. The van der Waals surface area contributed by atoms with Crippen LogP contribution in [0.2, 0.25) is 0 Å². The van der Waals surface area contributed by atoms with Crippen LogP contribution in [-0.4, -0.2) is 24.1 Å². The first-order valence-corrected chi connectivity index (χ1v) is 25.8. The van der Waals surface area contributed by atoms with E-state index < -0.39 is 0 Å². The van der Waals surface area contributed by atoms with Crippen LogP contribution in [-0.2, 0) is 19.1 Å². The van der Waals surface area contributed by atoms with E-state index in [0.717, 1.165) is 57.8 Å². The van der Waals surface area contributed by atoms with Crippen molar-refractivity contribution in [3.05, 3.63) is 0 Å². The van der Waals surface area contributed by atoms with Gasteiger partial charge in [0.25, 0.3) is 0 Å². The molecule has 0 radical (unpaired) electrons. The second-order valence-corrected chi connectivity index (χ2v) is 18.5. The third-order valence-electron chi connectivity index (χ3n) is 12.0. The predicted octanol–water partition coefficient (Wildman–Crippen LogP) is 17.9. The van der Waals surface area contributed by atoms with Gasteiger partial charge in [0, 0.05) is 12.8 Å². The SMILES string of the molecule is CCCCCCCCCCCCCCCCCC(=O)OC(C)CCCCCCCCCC(CC(C)C)OC(=O)CCCCCCCCCCCCCCCCC. The van der Waals surface area contributed by atoms with Crippen LogP contribution in [0.5, 0.6) is 0 Å². The van der Waals surface area contributed by atoms with E-state index in [1.807, 2.05) is 0 Å². The molecule has 0 aliphatic rings. The van der Waals surface area contributed by atoms with Crippen LogP contribution in [0, 0.1) is 5.92 Å². The number of carbonyl (C=O) groups is 2. The molecule has 0 saturated carbocycles. The highest BCUT2D eigenvalue weighted by Gasteiger charge is 2.16. The maximum Gasteiger partial charge on any atom is 0.306 e. The normalized spacial score (nSPS) is 12.7. The first kappa shape index (κ1) is 54.9. The molecule has 0 aromatic carbocycles. The topological polar surface area (TPSA) is 52.6 Å². The Morgan fingerprint density at radius 3 is 0.929 bits per heavy atom. The third kappa shape index (κ3) is 44.1. The molecule has 0 amide bonds. The van der Waals surface area contributed by atoms with Gasteiger partial charge in [0.1, 0.15) is 6.10 Å². The van der Waals surface area contributed by atoms with Gasteiger partial charge in [-0.2, -0.15) is 0 Å². The maximum atomic E-state index is 12.6. The number of carbonyl (C=O) groups excluding carboxylic acids is 2. The molecular weight excluding hydrogens is 689 g/mol. The van der Waals surface area contributed by atoms with Gasteiger partial charge in [-0.25, -0.2) is 0 Å². The molecule has 0 bridgehead atoms. The predicted molar refractivity (Wildman–Crippen MR) is 246 cm³/mol. The second-order valence-electron chi connectivity index (χ2n) is 18.5. The van der Waals surface area contributed by atoms with E-state index in [4.69, 9.17) is 9.47 Å². The van der Waals surface area contributed by atoms with Gasteiger partial charge in [-0.15, -0.1) is 0 Å². The van der Waals surface area contributed by atoms with E-state index in [-0.39, 0.29) is 24.1 Å². The number of esters is 2. The molecule has 2 unspecified atom stereocenters. The Morgan fingerprint density at radius 2 is 0.607 bits per heavy atom. The van der Waals surface area contributed by atoms with Crippen molar-refractivity contribution in [2.45, 2.75) is 317 Å². The summed E-state index contributed by atoms with van der Waals surface area (Å²) < 4.78 is 11.7. The maximum absolute atomic E-state index is 12.6. The average molecular weight is 791 g/mol. The second kappa shape index (κ2) is 45.0. The van der Waals surface area contributed by atoms with Gasteiger partial charge in [-0.3, -0.25) is 9.59 Å². The van der Waals surface area contributed by atoms with Crippen molar-refractivity contribution in [1.29, 1.82) is 0 Å². The molecule has 0 N–H and O–H groups in total. The third-order valence-corrected chi connectivity index (χ3v) is 12.0. The molecule has 0 spiro atoms. The summed E-state index contributed by atoms with van der Waals surface area (Å²) in [5.41, 5.74) is 0. The molecular formula is C52H102O4. The Labute approximate surface area is 352 Å². The van der Waals surface area contributed by atoms with Gasteiger partial charge in [-0.05, 0) is 57.8 Å². The van der Waals surface area contributed by atoms with E-state index in [9.17, 15) is 9.59 Å². The fourth-order valence-electron chi connectivity index (χ4n) is 8.31. The first-order chi connectivity index (χ1) is 27.4. The molecule has 4 heteroatoms. The summed E-state index contributed by atoms with van der Waals surface area (Å²) in [5, 5.41) is 0. The lowest BCUT2D eigenvalue weighted by Crippen LogP contribution is -2.20. The zero-order valence-corrected chi connectivity index (χ0v) is 39.1. The Morgan fingerprint density at radius 1 is 0.339 bits per heavy atom. The van der Waals surface area contributed by atoms with Gasteiger partial charge in [0.2, 0.25) is 0 Å². The van der Waals surface area contributed by atoms with Crippen molar-refractivity contribution in [3.63, 3.8) is 0 Å². The molecule has 0 rings (SSSR count). The molecule has 56 heavy (non-hydrogen) atoms. The largest absolute Gasteiger partial charge is 0.463 e. The molecule has 0 aromatic heterocycles. The Hall–Kier alpha value is -1.06. The van der Waals surface area contributed by atoms with Gasteiger partial charge in [0.15, 0.2) is 0 Å². The molecule has 0 heterocycles. The lowest BCUT2D eigenvalue weighted by atomic mass is 9.99. The fourth-order valence-corrected chi connectivity index (χ4v) is 8.31. The van der Waals surface area contributed by atoms with E-state index in [1.165, 1.54) is 199 Å². The highest BCUT2D eigenvalue weighted by Crippen LogP contribution is 2.20. The molecule has 0 aromatic rings. The Kier molecular flexibility index (Phi) is 44.2. The van der Waals surface area contributed by atoms with E-state index >= 15 is 0 Å². The van der Waals surface area contributed by atoms with Gasteiger partial charge >= 0.3 is 11.9 Å². The zero-order chi connectivity index (χ0) is 41.0. The fraction of sp³-hybridized carbons (Fsp3) is 0.962. The molecule has 0 fully saturated rings. The monoisotopic (exact) mass is 791 g/mol. The van der Waals surface area contributed by atoms with Crippen molar-refractivity contribution in [2.24, 2.45) is 5.92 Å². The smallest absolute Gasteiger partial charge is 0.306 e. The van der Waals surface area contributed by atoms with Crippen LogP contribution in [0.25, 0.3) is 0 Å². The van der Waals surface area contributed by atoms with E-state index in [0.29, 0.717) is 18.8 Å². The highest BCUT2D eigenvalue weighted by atomic mass is 16.5. The summed E-state index contributed by atoms with van der Waals surface area (Å²) in [7, 11) is 0. The zero-order valence-electron chi connectivity index (χ0n) is 39.1. The van der Waals surface area contributed by atoms with Crippen LogP contribution in [0.3, 0.4) is 0 Å². The summed E-state index contributed by atoms with van der Waals surface area (Å²) in [6.45, 7) is 11.1. The standard InChI is InChI=1S/C52H102O4/c1-6-8-10-12-14-16-18-20-22-24-26-28-33-37-41-45-51(53)55-49(5)43-39-35-31-30-32-36-40-44-50(47-48(3)4)56-52(54)46-42-38-34-29-27-25-23-21-19-17-15-13-11-9-7-2/h48-50H,6-47H2,1-5H3. The minimum absolute atomic E-state index is 0.00123. The van der Waals surface area contributed by atoms with Gasteiger partial charge in [0.05, 0.1) is 6.10 Å². The summed E-state index contributed by atoms with van der Waals surface area (Å²) in [6.07, 6.45) is 53.1. The van der Waals surface area contributed by atoms with Crippen molar-refractivity contribution in [2.75, 3.05) is 0 Å². The summed E-state index contributed by atoms with van der Waals surface area (Å²) in [5.74, 6) is 0.572. The van der Waals surface area contributed by atoms with Gasteiger partial charge < -0.3 is 9.47 Å². The van der Waals surface area contributed by atoms with Gasteiger partial charge in [-0.1, -0.05) is 240 Å². The minimum Gasteiger partial charge on any atom is -0.463 e. The molecule has 0 saturated heterocycles. The number of unbranched alkanes of at least 4 members (excludes halogenated alkanes) is 34. The van der Waals surface area contributed by atoms with Crippen LogP contribution in [0.1, 0.15) is 304 Å². The van der Waals surface area contributed by atoms with Crippen molar-refractivity contribution in [1.82, 2.24) is 0 Å². The number of hydrogen-bond donors (Lipinski definition) is 0. The molecule has 2 atom stereocenters. The number of hydrogen-bond acceptors (Lipinski definition) is 4. The molecule has 334 valence electrons. The van der Waals surface area contributed by atoms with Crippen LogP contribution < -0.4 is 0 Å². The summed E-state index contributed by atoms with van der Waals surface area (Å²) in [4.78, 5) is 24.9. The van der Waals surface area contributed by atoms with Crippen LogP contribution in [0.15, 0.2) is 0 Å². The Bertz CT molecular complexity index is 794. The van der Waals surface area contributed by atoms with Crippen LogP contribution >= 0.6 is 0 Å². The van der Waals surface area contributed by atoms with Crippen molar-refractivity contribution < 1.29 is 19.1 Å². The van der Waals surface area contributed by atoms with Crippen LogP contribution in [0.4, 0.5) is 0 Å². The molecule has 4 nitrogen and oxygen atoms in total. The molecule has 0 aliphatic carbocycles. The minimum atomic E-state index is -0.00123. The number of rotatable bonds is 46. The van der Waals surface area contributed by atoms with E-state index in [2.05, 4.69) is 34.6 Å². The quantitative estimate of drug-likeness (QED) is 0.0455. The Balaban J connectivity index is 3.65. The van der Waals surface area contributed by atoms with E-state index in [1.54, 1.807) is 0 Å². The van der Waals surface area contributed by atoms with Crippen molar-refractivity contribution >= 4 is 11.9 Å². The lowest BCUT2D eigenvalue weighted by molar-refractivity contribution is -0.150. The summed E-state index contributed by atoms with van der Waals surface area (Å²) in [6, 6.07) is 0. The number of ether oxygens (including phenoxy) is 2. The molecule has 0 aliphatic heterocycles. The lowest BCUT2D eigenvalue weighted by Gasteiger charge is -2.20. The average Bonchev–Trinajstić information content (AvgIpc) is 3.16. The van der Waals surface area contributed by atoms with Crippen molar-refractivity contribution in [3.8, 4) is 0 Å². The first-order valence-electron chi connectivity index (χ1n) is 25.8. The highest BCUT2D eigenvalue weighted by molar-refractivity contribution is 5.69.